The molecule has 4 rings (SSSR count). The van der Waals surface area contributed by atoms with E-state index in [1.165, 1.54) is 11.5 Å². The van der Waals surface area contributed by atoms with Crippen molar-refractivity contribution < 1.29 is 14.3 Å². The highest BCUT2D eigenvalue weighted by Gasteiger charge is 2.14. The first kappa shape index (κ1) is 23.8. The lowest BCUT2D eigenvalue weighted by Crippen LogP contribution is -2.30. The number of methoxy groups -OCH3 is 1. The smallest absolute Gasteiger partial charge is 0.256 e. The van der Waals surface area contributed by atoms with E-state index in [0.29, 0.717) is 34.6 Å². The Kier molecular flexibility index (Phi) is 6.96. The molecule has 178 valence electrons. The van der Waals surface area contributed by atoms with Crippen LogP contribution in [0.15, 0.2) is 77.6 Å². The Morgan fingerprint density at radius 2 is 1.71 bits per heavy atom. The molecule has 7 nitrogen and oxygen atoms in total. The summed E-state index contributed by atoms with van der Waals surface area (Å²) in [6, 6.07) is 21.9. The number of Topliss-reactive ketones (excluding diaryl/α,β-unsaturated/α-hetero) is 1. The molecule has 2 N–H and O–H groups in total. The summed E-state index contributed by atoms with van der Waals surface area (Å²) in [5.74, 6) is 0.121. The summed E-state index contributed by atoms with van der Waals surface area (Å²) >= 11 is 0. The van der Waals surface area contributed by atoms with Crippen molar-refractivity contribution in [2.24, 2.45) is 0 Å². The molecule has 0 atom stereocenters. The molecule has 3 aromatic carbocycles. The first-order valence-corrected chi connectivity index (χ1v) is 11.3. The van der Waals surface area contributed by atoms with Crippen LogP contribution in [0.2, 0.25) is 0 Å². The third-order valence-electron chi connectivity index (χ3n) is 5.77. The molecule has 0 aliphatic rings. The van der Waals surface area contributed by atoms with Crippen LogP contribution in [0, 0.1) is 6.92 Å². The zero-order chi connectivity index (χ0) is 24.9. The molecule has 1 aromatic heterocycles. The largest absolute Gasteiger partial charge is 0.497 e. The Labute approximate surface area is 203 Å². The molecule has 0 bridgehead atoms. The van der Waals surface area contributed by atoms with E-state index in [-0.39, 0.29) is 23.8 Å². The minimum Gasteiger partial charge on any atom is -0.497 e. The SMILES string of the molecule is COc1ccc2cc(CNc3ccc(C)cc3)c(=O)n(CC(=O)Nc3cccc(C(C)=O)c3)c2c1. The fraction of sp³-hybridized carbons (Fsp3) is 0.179. The molecule has 1 heterocycles. The summed E-state index contributed by atoms with van der Waals surface area (Å²) in [6.07, 6.45) is 0. The normalized spacial score (nSPS) is 10.7. The number of nitrogens with one attached hydrogen (secondary N) is 2. The molecule has 0 fully saturated rings. The summed E-state index contributed by atoms with van der Waals surface area (Å²) in [5, 5.41) is 6.89. The summed E-state index contributed by atoms with van der Waals surface area (Å²) < 4.78 is 6.79. The number of anilines is 2. The van der Waals surface area contributed by atoms with Crippen molar-refractivity contribution in [1.82, 2.24) is 4.57 Å². The van der Waals surface area contributed by atoms with Gasteiger partial charge in [0.15, 0.2) is 5.78 Å². The number of pyridine rings is 1. The summed E-state index contributed by atoms with van der Waals surface area (Å²) in [5.41, 5.74) is 3.92. The van der Waals surface area contributed by atoms with Crippen molar-refractivity contribution in [1.29, 1.82) is 0 Å². The Balaban J connectivity index is 1.66. The van der Waals surface area contributed by atoms with Crippen molar-refractivity contribution in [2.45, 2.75) is 26.9 Å². The first-order chi connectivity index (χ1) is 16.8. The van der Waals surface area contributed by atoms with Crippen molar-refractivity contribution in [3.8, 4) is 5.75 Å². The fourth-order valence-corrected chi connectivity index (χ4v) is 3.85. The van der Waals surface area contributed by atoms with E-state index in [9.17, 15) is 14.4 Å². The molecule has 0 aliphatic heterocycles. The molecule has 0 radical (unpaired) electrons. The lowest BCUT2D eigenvalue weighted by Gasteiger charge is -2.15. The predicted molar refractivity (Wildman–Crippen MR) is 138 cm³/mol. The van der Waals surface area contributed by atoms with Gasteiger partial charge in [-0.15, -0.1) is 0 Å². The van der Waals surface area contributed by atoms with Gasteiger partial charge >= 0.3 is 0 Å². The van der Waals surface area contributed by atoms with E-state index in [0.717, 1.165) is 16.6 Å². The molecule has 1 amide bonds. The zero-order valence-corrected chi connectivity index (χ0v) is 19.9. The summed E-state index contributed by atoms with van der Waals surface area (Å²) in [4.78, 5) is 38.0. The number of fused-ring (bicyclic) bond motifs is 1. The third kappa shape index (κ3) is 5.58. The van der Waals surface area contributed by atoms with E-state index in [1.54, 1.807) is 37.4 Å². The number of ketones is 1. The van der Waals surface area contributed by atoms with Crippen molar-refractivity contribution in [2.75, 3.05) is 17.7 Å². The number of aryl methyl sites for hydroxylation is 1. The van der Waals surface area contributed by atoms with Crippen molar-refractivity contribution >= 4 is 34.0 Å². The van der Waals surface area contributed by atoms with Crippen LogP contribution in [0.4, 0.5) is 11.4 Å². The van der Waals surface area contributed by atoms with Crippen LogP contribution in [0.3, 0.4) is 0 Å². The maximum atomic E-state index is 13.4. The number of hydrogen-bond acceptors (Lipinski definition) is 5. The summed E-state index contributed by atoms with van der Waals surface area (Å²) in [6.45, 7) is 3.61. The van der Waals surface area contributed by atoms with Gasteiger partial charge in [0.25, 0.3) is 5.56 Å². The standard InChI is InChI=1S/C28H27N3O4/c1-18-7-10-23(11-8-18)29-16-22-13-21-9-12-25(35-3)15-26(21)31(28(22)34)17-27(33)30-24-6-4-5-20(14-24)19(2)32/h4-15,29H,16-17H2,1-3H3,(H,30,33). The lowest BCUT2D eigenvalue weighted by atomic mass is 10.1. The average molecular weight is 470 g/mol. The second kappa shape index (κ2) is 10.3. The predicted octanol–water partition coefficient (Wildman–Crippen LogP) is 4.77. The Hall–Kier alpha value is -4.39. The van der Waals surface area contributed by atoms with Crippen LogP contribution in [-0.2, 0) is 17.9 Å². The highest BCUT2D eigenvalue weighted by molar-refractivity contribution is 5.97. The fourth-order valence-electron chi connectivity index (χ4n) is 3.85. The number of benzene rings is 3. The molecule has 7 heteroatoms. The Morgan fingerprint density at radius 3 is 2.43 bits per heavy atom. The molecule has 0 unspecified atom stereocenters. The molecule has 0 saturated carbocycles. The van der Waals surface area contributed by atoms with Gasteiger partial charge in [-0.1, -0.05) is 29.8 Å². The van der Waals surface area contributed by atoms with Crippen molar-refractivity contribution in [3.05, 3.63) is 99.8 Å². The quantitative estimate of drug-likeness (QED) is 0.363. The first-order valence-electron chi connectivity index (χ1n) is 11.3. The number of amides is 1. The molecule has 0 aliphatic carbocycles. The van der Waals surface area contributed by atoms with Gasteiger partial charge in [-0.2, -0.15) is 0 Å². The van der Waals surface area contributed by atoms with Gasteiger partial charge in [-0.05, 0) is 61.7 Å². The van der Waals surface area contributed by atoms with Gasteiger partial charge in [0.2, 0.25) is 5.91 Å². The number of rotatable bonds is 8. The van der Waals surface area contributed by atoms with Crippen LogP contribution in [0.5, 0.6) is 5.75 Å². The Bertz CT molecular complexity index is 1460. The number of hydrogen-bond donors (Lipinski definition) is 2. The highest BCUT2D eigenvalue weighted by Crippen LogP contribution is 2.21. The molecule has 0 saturated heterocycles. The van der Waals surface area contributed by atoms with E-state index < -0.39 is 0 Å². The number of carbonyl (C=O) groups excluding carboxylic acids is 2. The maximum Gasteiger partial charge on any atom is 0.256 e. The molecule has 35 heavy (non-hydrogen) atoms. The Morgan fingerprint density at radius 1 is 0.943 bits per heavy atom. The van der Waals surface area contributed by atoms with E-state index in [1.807, 2.05) is 49.4 Å². The van der Waals surface area contributed by atoms with Crippen LogP contribution in [-0.4, -0.2) is 23.4 Å². The topological polar surface area (TPSA) is 89.4 Å². The molecule has 4 aromatic rings. The number of carbonyl (C=O) groups is 2. The van der Waals surface area contributed by atoms with Crippen LogP contribution >= 0.6 is 0 Å². The monoisotopic (exact) mass is 469 g/mol. The minimum absolute atomic E-state index is 0.0933. The van der Waals surface area contributed by atoms with E-state index >= 15 is 0 Å². The summed E-state index contributed by atoms with van der Waals surface area (Å²) in [7, 11) is 1.55. The van der Waals surface area contributed by atoms with Gasteiger partial charge < -0.3 is 15.4 Å². The van der Waals surface area contributed by atoms with Crippen molar-refractivity contribution in [3.63, 3.8) is 0 Å². The second-order valence-corrected chi connectivity index (χ2v) is 8.39. The molecule has 0 spiro atoms. The van der Waals surface area contributed by atoms with Gasteiger partial charge in [0, 0.05) is 35.1 Å². The molecular weight excluding hydrogens is 442 g/mol. The zero-order valence-electron chi connectivity index (χ0n) is 19.9. The average Bonchev–Trinajstić information content (AvgIpc) is 2.85. The van der Waals surface area contributed by atoms with Gasteiger partial charge in [0.1, 0.15) is 12.3 Å². The van der Waals surface area contributed by atoms with Gasteiger partial charge in [0.05, 0.1) is 12.6 Å². The van der Waals surface area contributed by atoms with Gasteiger partial charge in [-0.3, -0.25) is 19.0 Å². The highest BCUT2D eigenvalue weighted by atomic mass is 16.5. The maximum absolute atomic E-state index is 13.4. The van der Waals surface area contributed by atoms with Crippen LogP contribution < -0.4 is 20.9 Å². The second-order valence-electron chi connectivity index (χ2n) is 8.39. The number of aromatic nitrogens is 1. The molecular formula is C28H27N3O4. The number of ether oxygens (including phenoxy) is 1. The van der Waals surface area contributed by atoms with Crippen LogP contribution in [0.25, 0.3) is 10.9 Å². The van der Waals surface area contributed by atoms with E-state index in [4.69, 9.17) is 4.74 Å². The van der Waals surface area contributed by atoms with E-state index in [2.05, 4.69) is 10.6 Å². The third-order valence-corrected chi connectivity index (χ3v) is 5.77. The minimum atomic E-state index is -0.374. The number of nitrogens with zero attached hydrogens (tertiary/aromatic N) is 1. The van der Waals surface area contributed by atoms with Gasteiger partial charge in [-0.25, -0.2) is 0 Å². The lowest BCUT2D eigenvalue weighted by molar-refractivity contribution is -0.116. The van der Waals surface area contributed by atoms with Crippen LogP contribution in [0.1, 0.15) is 28.4 Å².